The zero-order chi connectivity index (χ0) is 28.6. The van der Waals surface area contributed by atoms with Crippen molar-refractivity contribution in [1.82, 2.24) is 9.88 Å². The Kier molecular flexibility index (Phi) is 7.30. The number of nitrogens with one attached hydrogen (secondary N) is 2. The van der Waals surface area contributed by atoms with E-state index in [0.29, 0.717) is 30.3 Å². The fourth-order valence-corrected chi connectivity index (χ4v) is 6.27. The number of benzene rings is 3. The van der Waals surface area contributed by atoms with Gasteiger partial charge >= 0.3 is 0 Å². The second-order valence-corrected chi connectivity index (χ2v) is 11.7. The molecular weight excluding hydrogens is 514 g/mol. The van der Waals surface area contributed by atoms with Crippen LogP contribution in [0, 0.1) is 0 Å². The summed E-state index contributed by atoms with van der Waals surface area (Å²) in [4.78, 5) is 26.6. The zero-order valence-corrected chi connectivity index (χ0v) is 23.7. The Morgan fingerprint density at radius 1 is 1.00 bits per heavy atom. The largest absolute Gasteiger partial charge is 0.491 e. The molecule has 1 fully saturated rings. The van der Waals surface area contributed by atoms with Gasteiger partial charge in [0.15, 0.2) is 0 Å². The lowest BCUT2D eigenvalue weighted by Crippen LogP contribution is -2.52. The Morgan fingerprint density at radius 3 is 2.51 bits per heavy atom. The summed E-state index contributed by atoms with van der Waals surface area (Å²) in [5.41, 5.74) is 5.44. The SMILES string of the molecule is CC(C)(NC(=O)c1ccc2c(C3CCCCC3)c3n(c2c1)CCOc1ccccc1-3)C(=O)Nc1ccc(CO)cc1. The summed E-state index contributed by atoms with van der Waals surface area (Å²) in [6.45, 7) is 4.58. The van der Waals surface area contributed by atoms with Crippen LogP contribution < -0.4 is 15.4 Å². The number of aliphatic hydroxyl groups is 1. The van der Waals surface area contributed by atoms with E-state index in [9.17, 15) is 14.7 Å². The maximum atomic E-state index is 13.5. The minimum Gasteiger partial charge on any atom is -0.491 e. The Labute approximate surface area is 240 Å². The molecule has 0 bridgehead atoms. The molecular formula is C34H37N3O4. The van der Waals surface area contributed by atoms with E-state index >= 15 is 0 Å². The maximum Gasteiger partial charge on any atom is 0.252 e. The Bertz CT molecular complexity index is 1600. The molecule has 41 heavy (non-hydrogen) atoms. The number of nitrogens with zero attached hydrogens (tertiary/aromatic N) is 1. The minimum atomic E-state index is -1.15. The number of hydrogen-bond acceptors (Lipinski definition) is 4. The molecule has 4 aromatic rings. The van der Waals surface area contributed by atoms with Gasteiger partial charge in [-0.1, -0.05) is 49.6 Å². The van der Waals surface area contributed by atoms with Crippen LogP contribution in [-0.2, 0) is 17.9 Å². The molecule has 2 amide bonds. The standard InChI is InChI=1S/C34H37N3O4/c1-34(2,33(40)35-25-15-12-22(21-38)13-16-25)36-32(39)24-14-17-26-28(20-24)37-18-19-41-29-11-7-6-10-27(29)31(37)30(26)23-8-4-3-5-9-23/h6-7,10-17,20,23,38H,3-5,8-9,18-19,21H2,1-2H3,(H,35,40)(H,36,39). The van der Waals surface area contributed by atoms with Crippen molar-refractivity contribution < 1.29 is 19.4 Å². The van der Waals surface area contributed by atoms with Gasteiger partial charge in [-0.05, 0) is 80.1 Å². The number of anilines is 1. The van der Waals surface area contributed by atoms with Gasteiger partial charge < -0.3 is 25.0 Å². The predicted octanol–water partition coefficient (Wildman–Crippen LogP) is 6.39. The van der Waals surface area contributed by atoms with Crippen molar-refractivity contribution in [2.45, 2.75) is 70.6 Å². The molecule has 0 radical (unpaired) electrons. The van der Waals surface area contributed by atoms with Crippen LogP contribution in [0.25, 0.3) is 22.2 Å². The molecule has 6 rings (SSSR count). The van der Waals surface area contributed by atoms with E-state index in [1.807, 2.05) is 24.3 Å². The van der Waals surface area contributed by atoms with Crippen molar-refractivity contribution in [2.24, 2.45) is 0 Å². The lowest BCUT2D eigenvalue weighted by molar-refractivity contribution is -0.120. The van der Waals surface area contributed by atoms with Crippen LogP contribution in [0.4, 0.5) is 5.69 Å². The van der Waals surface area contributed by atoms with Crippen molar-refractivity contribution in [1.29, 1.82) is 0 Å². The number of fused-ring (bicyclic) bond motifs is 5. The number of hydrogen-bond donors (Lipinski definition) is 3. The van der Waals surface area contributed by atoms with E-state index in [4.69, 9.17) is 4.74 Å². The number of amides is 2. The quantitative estimate of drug-likeness (QED) is 0.259. The molecule has 7 nitrogen and oxygen atoms in total. The fourth-order valence-electron chi connectivity index (χ4n) is 6.27. The van der Waals surface area contributed by atoms with Gasteiger partial charge in [0.05, 0.1) is 18.8 Å². The summed E-state index contributed by atoms with van der Waals surface area (Å²) in [5.74, 6) is 0.751. The van der Waals surface area contributed by atoms with Gasteiger partial charge in [0.25, 0.3) is 5.91 Å². The van der Waals surface area contributed by atoms with E-state index in [1.54, 1.807) is 38.1 Å². The number of ether oxygens (including phenoxy) is 1. The maximum absolute atomic E-state index is 13.5. The first-order valence-corrected chi connectivity index (χ1v) is 14.6. The van der Waals surface area contributed by atoms with Crippen LogP contribution in [0.15, 0.2) is 66.7 Å². The summed E-state index contributed by atoms with van der Waals surface area (Å²) in [6.07, 6.45) is 6.09. The lowest BCUT2D eigenvalue weighted by atomic mass is 9.81. The van der Waals surface area contributed by atoms with Crippen LogP contribution >= 0.6 is 0 Å². The Morgan fingerprint density at radius 2 is 1.76 bits per heavy atom. The molecule has 2 heterocycles. The molecule has 212 valence electrons. The van der Waals surface area contributed by atoms with Crippen molar-refractivity contribution in [2.75, 3.05) is 11.9 Å². The molecule has 7 heteroatoms. The summed E-state index contributed by atoms with van der Waals surface area (Å²) in [5, 5.41) is 16.3. The second-order valence-electron chi connectivity index (χ2n) is 11.7. The van der Waals surface area contributed by atoms with Crippen molar-refractivity contribution in [3.8, 4) is 17.0 Å². The van der Waals surface area contributed by atoms with E-state index in [2.05, 4.69) is 33.4 Å². The molecule has 3 aromatic carbocycles. The smallest absolute Gasteiger partial charge is 0.252 e. The second kappa shape index (κ2) is 11.1. The van der Waals surface area contributed by atoms with Crippen LogP contribution in [-0.4, -0.2) is 33.6 Å². The molecule has 1 saturated carbocycles. The van der Waals surface area contributed by atoms with Gasteiger partial charge in [-0.3, -0.25) is 9.59 Å². The third kappa shape index (κ3) is 5.22. The van der Waals surface area contributed by atoms with E-state index < -0.39 is 5.54 Å². The van der Waals surface area contributed by atoms with Crippen LogP contribution in [0.2, 0.25) is 0 Å². The Hall–Kier alpha value is -4.10. The van der Waals surface area contributed by atoms with Crippen LogP contribution in [0.5, 0.6) is 5.75 Å². The monoisotopic (exact) mass is 551 g/mol. The van der Waals surface area contributed by atoms with Crippen molar-refractivity contribution in [3.05, 3.63) is 83.4 Å². The van der Waals surface area contributed by atoms with Gasteiger partial charge in [-0.2, -0.15) is 0 Å². The highest BCUT2D eigenvalue weighted by Gasteiger charge is 2.32. The van der Waals surface area contributed by atoms with Crippen molar-refractivity contribution >= 4 is 28.4 Å². The normalized spacial score (nSPS) is 15.4. The highest BCUT2D eigenvalue weighted by molar-refractivity contribution is 6.05. The summed E-state index contributed by atoms with van der Waals surface area (Å²) in [6, 6.07) is 21.2. The average Bonchev–Trinajstić information content (AvgIpc) is 3.18. The predicted molar refractivity (Wildman–Crippen MR) is 161 cm³/mol. The molecule has 3 N–H and O–H groups in total. The highest BCUT2D eigenvalue weighted by Crippen LogP contribution is 2.47. The minimum absolute atomic E-state index is 0.0628. The molecule has 0 atom stereocenters. The van der Waals surface area contributed by atoms with Crippen molar-refractivity contribution in [3.63, 3.8) is 0 Å². The van der Waals surface area contributed by atoms with Gasteiger partial charge in [-0.15, -0.1) is 0 Å². The van der Waals surface area contributed by atoms with E-state index in [-0.39, 0.29) is 18.4 Å². The van der Waals surface area contributed by atoms with E-state index in [0.717, 1.165) is 22.4 Å². The summed E-state index contributed by atoms with van der Waals surface area (Å²) in [7, 11) is 0. The molecule has 0 spiro atoms. The molecule has 0 unspecified atom stereocenters. The van der Waals surface area contributed by atoms with Gasteiger partial charge in [0.1, 0.15) is 17.9 Å². The third-order valence-corrected chi connectivity index (χ3v) is 8.48. The average molecular weight is 552 g/mol. The van der Waals surface area contributed by atoms with Crippen LogP contribution in [0.1, 0.15) is 73.4 Å². The zero-order valence-electron chi connectivity index (χ0n) is 23.7. The number of carbonyl (C=O) groups excluding carboxylic acids is 2. The molecule has 2 aliphatic rings. The molecule has 1 aliphatic carbocycles. The topological polar surface area (TPSA) is 92.6 Å². The van der Waals surface area contributed by atoms with Gasteiger partial charge in [-0.25, -0.2) is 0 Å². The van der Waals surface area contributed by atoms with Gasteiger partial charge in [0, 0.05) is 27.7 Å². The fraction of sp³-hybridized carbons (Fsp3) is 0.353. The Balaban J connectivity index is 1.33. The number of rotatable bonds is 6. The number of carbonyl (C=O) groups is 2. The molecule has 0 saturated heterocycles. The van der Waals surface area contributed by atoms with Crippen LogP contribution in [0.3, 0.4) is 0 Å². The molecule has 1 aliphatic heterocycles. The number of aliphatic hydroxyl groups excluding tert-OH is 1. The molecule has 1 aromatic heterocycles. The van der Waals surface area contributed by atoms with E-state index in [1.165, 1.54) is 48.7 Å². The first kappa shape index (κ1) is 27.1. The first-order chi connectivity index (χ1) is 19.9. The lowest BCUT2D eigenvalue weighted by Gasteiger charge is -2.25. The number of aromatic nitrogens is 1. The first-order valence-electron chi connectivity index (χ1n) is 14.6. The third-order valence-electron chi connectivity index (χ3n) is 8.48. The summed E-state index contributed by atoms with van der Waals surface area (Å²) >= 11 is 0. The summed E-state index contributed by atoms with van der Waals surface area (Å²) < 4.78 is 8.48. The highest BCUT2D eigenvalue weighted by atomic mass is 16.5. The van der Waals surface area contributed by atoms with Gasteiger partial charge in [0.2, 0.25) is 5.91 Å². The number of para-hydroxylation sites is 1.